The Morgan fingerprint density at radius 1 is 1.09 bits per heavy atom. The Hall–Kier alpha value is -1.99. The number of aliphatic imine (C=N–C) groups is 1. The van der Waals surface area contributed by atoms with Crippen molar-refractivity contribution in [2.24, 2.45) is 4.99 Å². The molecule has 0 aliphatic carbocycles. The van der Waals surface area contributed by atoms with Gasteiger partial charge in [0, 0.05) is 39.8 Å². The molecule has 126 valence electrons. The molecule has 8 nitrogen and oxygen atoms in total. The summed E-state index contributed by atoms with van der Waals surface area (Å²) < 4.78 is 4.99. The van der Waals surface area contributed by atoms with E-state index in [9.17, 15) is 9.59 Å². The van der Waals surface area contributed by atoms with Crippen molar-refractivity contribution in [1.29, 1.82) is 0 Å². The van der Waals surface area contributed by atoms with Crippen LogP contribution in [0.5, 0.6) is 0 Å². The molecule has 1 saturated heterocycles. The Balaban J connectivity index is 2.37. The standard InChI is InChI=1S/C14H27N5O3/c1-4-6-16-12(20)11-17-13(15-3)18-7-9-19(10-8-18)14(21)22-5-2/h4-11H2,1-3H3,(H,15,17)(H,16,20). The molecule has 8 heteroatoms. The van der Waals surface area contributed by atoms with Gasteiger partial charge < -0.3 is 25.2 Å². The van der Waals surface area contributed by atoms with E-state index in [1.165, 1.54) is 0 Å². The molecule has 1 aliphatic rings. The van der Waals surface area contributed by atoms with Gasteiger partial charge in [0.05, 0.1) is 13.2 Å². The highest BCUT2D eigenvalue weighted by atomic mass is 16.6. The molecule has 0 aromatic rings. The van der Waals surface area contributed by atoms with Gasteiger partial charge in [-0.2, -0.15) is 0 Å². The lowest BCUT2D eigenvalue weighted by Crippen LogP contribution is -2.54. The number of nitrogens with zero attached hydrogens (tertiary/aromatic N) is 3. The minimum Gasteiger partial charge on any atom is -0.450 e. The van der Waals surface area contributed by atoms with E-state index in [1.54, 1.807) is 18.9 Å². The zero-order valence-corrected chi connectivity index (χ0v) is 13.7. The van der Waals surface area contributed by atoms with Gasteiger partial charge in [-0.15, -0.1) is 0 Å². The second kappa shape index (κ2) is 9.86. The van der Waals surface area contributed by atoms with Gasteiger partial charge in [-0.3, -0.25) is 9.79 Å². The van der Waals surface area contributed by atoms with Crippen molar-refractivity contribution in [3.05, 3.63) is 0 Å². The zero-order chi connectivity index (χ0) is 16.4. The second-order valence-corrected chi connectivity index (χ2v) is 4.92. The number of rotatable bonds is 5. The normalized spacial score (nSPS) is 15.5. The molecular weight excluding hydrogens is 286 g/mol. The smallest absolute Gasteiger partial charge is 0.409 e. The van der Waals surface area contributed by atoms with Gasteiger partial charge in [0.25, 0.3) is 0 Å². The van der Waals surface area contributed by atoms with Crippen molar-refractivity contribution in [1.82, 2.24) is 20.4 Å². The SMILES string of the molecule is CCCNC(=O)CNC(=NC)N1CCN(C(=O)OCC)CC1. The van der Waals surface area contributed by atoms with Crippen LogP contribution in [0, 0.1) is 0 Å². The van der Waals surface area contributed by atoms with Crippen molar-refractivity contribution < 1.29 is 14.3 Å². The van der Waals surface area contributed by atoms with E-state index in [0.29, 0.717) is 45.3 Å². The van der Waals surface area contributed by atoms with Crippen LogP contribution in [0.3, 0.4) is 0 Å². The highest BCUT2D eigenvalue weighted by Gasteiger charge is 2.23. The highest BCUT2D eigenvalue weighted by molar-refractivity contribution is 5.86. The first kappa shape index (κ1) is 18.1. The van der Waals surface area contributed by atoms with Crippen molar-refractivity contribution >= 4 is 18.0 Å². The summed E-state index contributed by atoms with van der Waals surface area (Å²) in [4.78, 5) is 31.1. The van der Waals surface area contributed by atoms with Gasteiger partial charge >= 0.3 is 6.09 Å². The van der Waals surface area contributed by atoms with Gasteiger partial charge in [-0.05, 0) is 13.3 Å². The van der Waals surface area contributed by atoms with Crippen LogP contribution < -0.4 is 10.6 Å². The highest BCUT2D eigenvalue weighted by Crippen LogP contribution is 2.04. The topological polar surface area (TPSA) is 86.3 Å². The molecular formula is C14H27N5O3. The van der Waals surface area contributed by atoms with E-state index in [-0.39, 0.29) is 18.5 Å². The molecule has 0 atom stereocenters. The van der Waals surface area contributed by atoms with Gasteiger partial charge in [-0.1, -0.05) is 6.92 Å². The number of hydrogen-bond donors (Lipinski definition) is 2. The quantitative estimate of drug-likeness (QED) is 0.545. The summed E-state index contributed by atoms with van der Waals surface area (Å²) in [6.45, 7) is 7.56. The maximum absolute atomic E-state index is 11.6. The fourth-order valence-electron chi connectivity index (χ4n) is 2.13. The first-order valence-corrected chi connectivity index (χ1v) is 7.76. The average molecular weight is 313 g/mol. The lowest BCUT2D eigenvalue weighted by atomic mass is 10.3. The largest absolute Gasteiger partial charge is 0.450 e. The van der Waals surface area contributed by atoms with Crippen molar-refractivity contribution in [3.63, 3.8) is 0 Å². The Bertz CT molecular complexity index is 392. The summed E-state index contributed by atoms with van der Waals surface area (Å²) in [7, 11) is 1.68. The maximum Gasteiger partial charge on any atom is 0.409 e. The van der Waals surface area contributed by atoms with Gasteiger partial charge in [0.1, 0.15) is 0 Å². The van der Waals surface area contributed by atoms with Crippen LogP contribution in [0.1, 0.15) is 20.3 Å². The van der Waals surface area contributed by atoms with Crippen molar-refractivity contribution in [2.45, 2.75) is 20.3 Å². The van der Waals surface area contributed by atoms with Crippen molar-refractivity contribution in [2.75, 3.05) is 52.9 Å². The monoisotopic (exact) mass is 313 g/mol. The molecule has 0 spiro atoms. The number of nitrogens with one attached hydrogen (secondary N) is 2. The first-order chi connectivity index (χ1) is 10.6. The predicted molar refractivity (Wildman–Crippen MR) is 84.8 cm³/mol. The van der Waals surface area contributed by atoms with Crippen LogP contribution in [0.15, 0.2) is 4.99 Å². The van der Waals surface area contributed by atoms with Crippen molar-refractivity contribution in [3.8, 4) is 0 Å². The number of carbonyl (C=O) groups is 2. The van der Waals surface area contributed by atoms with E-state index in [4.69, 9.17) is 4.74 Å². The molecule has 2 N–H and O–H groups in total. The third kappa shape index (κ3) is 5.79. The lowest BCUT2D eigenvalue weighted by molar-refractivity contribution is -0.120. The van der Waals surface area contributed by atoms with Gasteiger partial charge in [0.2, 0.25) is 5.91 Å². The molecule has 1 fully saturated rings. The Kier molecular flexibility index (Phi) is 8.09. The van der Waals surface area contributed by atoms with E-state index >= 15 is 0 Å². The van der Waals surface area contributed by atoms with E-state index in [0.717, 1.165) is 6.42 Å². The summed E-state index contributed by atoms with van der Waals surface area (Å²) in [5.74, 6) is 0.628. The molecule has 22 heavy (non-hydrogen) atoms. The Morgan fingerprint density at radius 3 is 2.27 bits per heavy atom. The van der Waals surface area contributed by atoms with Crippen LogP contribution in [0.4, 0.5) is 4.79 Å². The summed E-state index contributed by atoms with van der Waals surface area (Å²) in [5, 5.41) is 5.85. The van der Waals surface area contributed by atoms with E-state index < -0.39 is 0 Å². The molecule has 1 heterocycles. The Morgan fingerprint density at radius 2 is 1.73 bits per heavy atom. The van der Waals surface area contributed by atoms with Crippen LogP contribution in [-0.2, 0) is 9.53 Å². The van der Waals surface area contributed by atoms with E-state index in [1.807, 2.05) is 11.8 Å². The fourth-order valence-corrected chi connectivity index (χ4v) is 2.13. The fraction of sp³-hybridized carbons (Fsp3) is 0.786. The van der Waals surface area contributed by atoms with E-state index in [2.05, 4.69) is 15.6 Å². The third-order valence-electron chi connectivity index (χ3n) is 3.30. The molecule has 0 radical (unpaired) electrons. The molecule has 0 aromatic carbocycles. The predicted octanol–water partition coefficient (Wildman–Crippen LogP) is -0.138. The van der Waals surface area contributed by atoms with Crippen LogP contribution in [0.25, 0.3) is 0 Å². The lowest BCUT2D eigenvalue weighted by Gasteiger charge is -2.35. The third-order valence-corrected chi connectivity index (χ3v) is 3.30. The second-order valence-electron chi connectivity index (χ2n) is 4.92. The molecule has 2 amide bonds. The van der Waals surface area contributed by atoms with Gasteiger partial charge in [0.15, 0.2) is 5.96 Å². The molecule has 0 bridgehead atoms. The minimum absolute atomic E-state index is 0.0480. The first-order valence-electron chi connectivity index (χ1n) is 7.76. The minimum atomic E-state index is -0.274. The number of ether oxygens (including phenoxy) is 1. The maximum atomic E-state index is 11.6. The number of amides is 2. The average Bonchev–Trinajstić information content (AvgIpc) is 2.54. The summed E-state index contributed by atoms with van der Waals surface area (Å²) in [6, 6.07) is 0. The number of carbonyl (C=O) groups excluding carboxylic acids is 2. The molecule has 1 aliphatic heterocycles. The summed E-state index contributed by atoms with van der Waals surface area (Å²) in [6.07, 6.45) is 0.639. The number of hydrogen-bond acceptors (Lipinski definition) is 4. The Labute approximate surface area is 131 Å². The van der Waals surface area contributed by atoms with Crippen LogP contribution >= 0.6 is 0 Å². The molecule has 0 unspecified atom stereocenters. The summed E-state index contributed by atoms with van der Waals surface area (Å²) in [5.41, 5.74) is 0. The molecule has 0 saturated carbocycles. The van der Waals surface area contributed by atoms with Crippen LogP contribution in [-0.4, -0.2) is 80.7 Å². The van der Waals surface area contributed by atoms with Gasteiger partial charge in [-0.25, -0.2) is 4.79 Å². The number of piperazine rings is 1. The van der Waals surface area contributed by atoms with Crippen LogP contribution in [0.2, 0.25) is 0 Å². The molecule has 1 rings (SSSR count). The number of guanidine groups is 1. The zero-order valence-electron chi connectivity index (χ0n) is 13.7. The molecule has 0 aromatic heterocycles. The summed E-state index contributed by atoms with van der Waals surface area (Å²) >= 11 is 0.